The van der Waals surface area contributed by atoms with E-state index in [1.165, 1.54) is 11.1 Å². The van der Waals surface area contributed by atoms with Crippen LogP contribution in [0.4, 0.5) is 0 Å². The third kappa shape index (κ3) is 2.20. The summed E-state index contributed by atoms with van der Waals surface area (Å²) >= 11 is 0. The molecule has 0 fully saturated rings. The Kier molecular flexibility index (Phi) is 2.94. The summed E-state index contributed by atoms with van der Waals surface area (Å²) in [5.41, 5.74) is 4.03. The molecule has 1 N–H and O–H groups in total. The summed E-state index contributed by atoms with van der Waals surface area (Å²) in [4.78, 5) is 4.29. The monoisotopic (exact) mass is 188 g/mol. The van der Waals surface area contributed by atoms with Crippen molar-refractivity contribution in [2.24, 2.45) is 4.99 Å². The molecule has 0 saturated carbocycles. The highest BCUT2D eigenvalue weighted by molar-refractivity contribution is 5.94. The van der Waals surface area contributed by atoms with Crippen LogP contribution in [0.1, 0.15) is 19.8 Å². The molecule has 2 rings (SSSR count). The number of nitrogens with zero attached hydrogens (tertiary/aromatic N) is 1. The Hall–Kier alpha value is -1.15. The van der Waals surface area contributed by atoms with Crippen molar-refractivity contribution in [3.05, 3.63) is 35.6 Å². The second kappa shape index (κ2) is 4.38. The van der Waals surface area contributed by atoms with E-state index in [4.69, 9.17) is 0 Å². The molecule has 14 heavy (non-hydrogen) atoms. The van der Waals surface area contributed by atoms with Crippen molar-refractivity contribution in [3.63, 3.8) is 0 Å². The number of hydrogen-bond donors (Lipinski definition) is 1. The zero-order valence-electron chi connectivity index (χ0n) is 8.59. The summed E-state index contributed by atoms with van der Waals surface area (Å²) in [5.74, 6) is 0. The molecular weight excluding hydrogens is 172 g/mol. The molecule has 0 unspecified atom stereocenters. The minimum Gasteiger partial charge on any atom is -0.313 e. The quantitative estimate of drug-likeness (QED) is 0.670. The Bertz CT molecular complexity index is 332. The maximum absolute atomic E-state index is 4.29. The summed E-state index contributed by atoms with van der Waals surface area (Å²) < 4.78 is 0. The van der Waals surface area contributed by atoms with Crippen molar-refractivity contribution in [3.8, 4) is 0 Å². The van der Waals surface area contributed by atoms with Gasteiger partial charge in [-0.15, -0.1) is 0 Å². The van der Waals surface area contributed by atoms with E-state index >= 15 is 0 Å². The van der Waals surface area contributed by atoms with E-state index in [1.807, 2.05) is 6.20 Å². The number of nitrogens with one attached hydrogen (secondary N) is 1. The molecule has 2 aliphatic heterocycles. The lowest BCUT2D eigenvalue weighted by Gasteiger charge is -2.15. The summed E-state index contributed by atoms with van der Waals surface area (Å²) in [6.45, 7) is 4.16. The van der Waals surface area contributed by atoms with Crippen LogP contribution < -0.4 is 5.32 Å². The van der Waals surface area contributed by atoms with E-state index in [2.05, 4.69) is 35.5 Å². The Morgan fingerprint density at radius 2 is 2.29 bits per heavy atom. The molecule has 0 aromatic heterocycles. The van der Waals surface area contributed by atoms with Crippen LogP contribution in [0.2, 0.25) is 0 Å². The molecule has 2 heterocycles. The van der Waals surface area contributed by atoms with E-state index in [0.717, 1.165) is 31.6 Å². The molecule has 0 radical (unpaired) electrons. The molecule has 0 amide bonds. The molecule has 0 bridgehead atoms. The SMILES string of the molecule is CC1=NC=CCC(C2=CCNCC2)=C1. The Morgan fingerprint density at radius 3 is 3.07 bits per heavy atom. The highest BCUT2D eigenvalue weighted by Gasteiger charge is 2.08. The minimum atomic E-state index is 1.01. The molecule has 0 aromatic rings. The topological polar surface area (TPSA) is 24.4 Å². The van der Waals surface area contributed by atoms with Gasteiger partial charge in [-0.3, -0.25) is 4.99 Å². The largest absolute Gasteiger partial charge is 0.313 e. The molecular formula is C12H16N2. The maximum Gasteiger partial charge on any atom is 0.0375 e. The number of allylic oxidation sites excluding steroid dienone is 3. The van der Waals surface area contributed by atoms with E-state index in [9.17, 15) is 0 Å². The summed E-state index contributed by atoms with van der Waals surface area (Å²) in [7, 11) is 0. The first-order valence-electron chi connectivity index (χ1n) is 5.16. The van der Waals surface area contributed by atoms with Crippen LogP contribution >= 0.6 is 0 Å². The van der Waals surface area contributed by atoms with E-state index < -0.39 is 0 Å². The van der Waals surface area contributed by atoms with Gasteiger partial charge in [0.05, 0.1) is 0 Å². The molecule has 74 valence electrons. The first-order chi connectivity index (χ1) is 6.86. The molecule has 2 nitrogen and oxygen atoms in total. The molecule has 0 aliphatic carbocycles. The van der Waals surface area contributed by atoms with Gasteiger partial charge in [0, 0.05) is 18.5 Å². The van der Waals surface area contributed by atoms with Crippen LogP contribution in [-0.4, -0.2) is 18.8 Å². The zero-order chi connectivity index (χ0) is 9.80. The summed E-state index contributed by atoms with van der Waals surface area (Å²) in [6, 6.07) is 0. The fourth-order valence-electron chi connectivity index (χ4n) is 1.84. The van der Waals surface area contributed by atoms with Gasteiger partial charge in [-0.1, -0.05) is 12.2 Å². The van der Waals surface area contributed by atoms with E-state index in [0.29, 0.717) is 0 Å². The number of rotatable bonds is 1. The van der Waals surface area contributed by atoms with E-state index in [-0.39, 0.29) is 0 Å². The first kappa shape index (κ1) is 9.41. The Labute approximate surface area is 85.1 Å². The highest BCUT2D eigenvalue weighted by Crippen LogP contribution is 2.21. The van der Waals surface area contributed by atoms with Gasteiger partial charge in [-0.25, -0.2) is 0 Å². The standard InChI is InChI=1S/C12H16N2/c1-10-9-12(3-2-6-14-10)11-4-7-13-8-5-11/h2,4,6,9,13H,3,5,7-8H2,1H3. The number of aliphatic imine (C=N–C) groups is 1. The molecule has 2 aliphatic rings. The predicted molar refractivity (Wildman–Crippen MR) is 60.5 cm³/mol. The fourth-order valence-corrected chi connectivity index (χ4v) is 1.84. The van der Waals surface area contributed by atoms with Gasteiger partial charge in [0.25, 0.3) is 0 Å². The third-order valence-corrected chi connectivity index (χ3v) is 2.58. The van der Waals surface area contributed by atoms with E-state index in [1.54, 1.807) is 0 Å². The highest BCUT2D eigenvalue weighted by atomic mass is 14.8. The zero-order valence-corrected chi connectivity index (χ0v) is 8.59. The van der Waals surface area contributed by atoms with Crippen molar-refractivity contribution in [2.75, 3.05) is 13.1 Å². The number of hydrogen-bond acceptors (Lipinski definition) is 2. The lowest BCUT2D eigenvalue weighted by Crippen LogP contribution is -2.21. The van der Waals surface area contributed by atoms with Crippen molar-refractivity contribution >= 4 is 5.71 Å². The second-order valence-electron chi connectivity index (χ2n) is 3.71. The van der Waals surface area contributed by atoms with Crippen LogP contribution in [0.5, 0.6) is 0 Å². The van der Waals surface area contributed by atoms with Crippen LogP contribution in [-0.2, 0) is 0 Å². The van der Waals surface area contributed by atoms with Gasteiger partial charge in [0.1, 0.15) is 0 Å². The van der Waals surface area contributed by atoms with Gasteiger partial charge < -0.3 is 5.32 Å². The molecule has 0 spiro atoms. The smallest absolute Gasteiger partial charge is 0.0375 e. The van der Waals surface area contributed by atoms with Gasteiger partial charge in [0.2, 0.25) is 0 Å². The predicted octanol–water partition coefficient (Wildman–Crippen LogP) is 2.21. The second-order valence-corrected chi connectivity index (χ2v) is 3.71. The van der Waals surface area contributed by atoms with Gasteiger partial charge in [-0.05, 0) is 43.5 Å². The van der Waals surface area contributed by atoms with Gasteiger partial charge in [-0.2, -0.15) is 0 Å². The fraction of sp³-hybridized carbons (Fsp3) is 0.417. The molecule has 0 aromatic carbocycles. The molecule has 0 saturated heterocycles. The minimum absolute atomic E-state index is 1.01. The molecule has 0 atom stereocenters. The lowest BCUT2D eigenvalue weighted by molar-refractivity contribution is 0.705. The maximum atomic E-state index is 4.29. The Morgan fingerprint density at radius 1 is 1.36 bits per heavy atom. The van der Waals surface area contributed by atoms with Crippen molar-refractivity contribution in [1.82, 2.24) is 5.32 Å². The van der Waals surface area contributed by atoms with Crippen LogP contribution in [0.15, 0.2) is 40.6 Å². The van der Waals surface area contributed by atoms with Gasteiger partial charge >= 0.3 is 0 Å². The molecule has 2 heteroatoms. The van der Waals surface area contributed by atoms with Crippen LogP contribution in [0.3, 0.4) is 0 Å². The van der Waals surface area contributed by atoms with Crippen molar-refractivity contribution in [1.29, 1.82) is 0 Å². The van der Waals surface area contributed by atoms with Crippen LogP contribution in [0, 0.1) is 0 Å². The van der Waals surface area contributed by atoms with Crippen LogP contribution in [0.25, 0.3) is 0 Å². The average molecular weight is 188 g/mol. The van der Waals surface area contributed by atoms with Gasteiger partial charge in [0.15, 0.2) is 0 Å². The summed E-state index contributed by atoms with van der Waals surface area (Å²) in [6.07, 6.45) is 10.7. The lowest BCUT2D eigenvalue weighted by atomic mass is 9.96. The normalized spacial score (nSPS) is 22.2. The first-order valence-corrected chi connectivity index (χ1v) is 5.16. The van der Waals surface area contributed by atoms with Crippen molar-refractivity contribution in [2.45, 2.75) is 19.8 Å². The average Bonchev–Trinajstić information content (AvgIpc) is 2.44. The van der Waals surface area contributed by atoms with Crippen molar-refractivity contribution < 1.29 is 0 Å². The third-order valence-electron chi connectivity index (χ3n) is 2.58. The Balaban J connectivity index is 2.21. The summed E-state index contributed by atoms with van der Waals surface area (Å²) in [5, 5.41) is 3.33.